The van der Waals surface area contributed by atoms with Crippen molar-refractivity contribution in [2.75, 3.05) is 0 Å². The zero-order valence-corrected chi connectivity index (χ0v) is 4.70. The first kappa shape index (κ1) is 6.20. The molecule has 0 N–H and O–H groups in total. The van der Waals surface area contributed by atoms with Crippen molar-refractivity contribution in [3.05, 3.63) is 35.6 Å². The minimum absolute atomic E-state index is 0.0671. The van der Waals surface area contributed by atoms with Crippen LogP contribution in [0.1, 0.15) is 5.56 Å². The van der Waals surface area contributed by atoms with Gasteiger partial charge in [-0.2, -0.15) is 0 Å². The highest BCUT2D eigenvalue weighted by atomic mass is 19.1. The standard InChI is InChI=1S/C7H5F2/c8-5-6-3-1-2-4-7(6)9/h2-4H,5H2. The SMILES string of the molecule is FCc1c[c]ccc1F. The van der Waals surface area contributed by atoms with Crippen LogP contribution in [0.25, 0.3) is 0 Å². The van der Waals surface area contributed by atoms with E-state index in [1.54, 1.807) is 0 Å². The summed E-state index contributed by atoms with van der Waals surface area (Å²) in [5, 5.41) is 0. The van der Waals surface area contributed by atoms with Crippen molar-refractivity contribution in [1.29, 1.82) is 0 Å². The number of rotatable bonds is 1. The molecule has 0 atom stereocenters. The van der Waals surface area contributed by atoms with Crippen molar-refractivity contribution in [1.82, 2.24) is 0 Å². The molecule has 0 heterocycles. The van der Waals surface area contributed by atoms with E-state index >= 15 is 0 Å². The lowest BCUT2D eigenvalue weighted by Gasteiger charge is -1.92. The van der Waals surface area contributed by atoms with Gasteiger partial charge in [-0.05, 0) is 18.2 Å². The zero-order chi connectivity index (χ0) is 6.69. The summed E-state index contributed by atoms with van der Waals surface area (Å²) in [4.78, 5) is 0. The molecular weight excluding hydrogens is 122 g/mol. The first-order valence-electron chi connectivity index (χ1n) is 2.55. The maximum Gasteiger partial charge on any atom is 0.129 e. The minimum atomic E-state index is -0.761. The predicted octanol–water partition coefficient (Wildman–Crippen LogP) is 2.10. The van der Waals surface area contributed by atoms with Crippen molar-refractivity contribution in [3.63, 3.8) is 0 Å². The lowest BCUT2D eigenvalue weighted by Crippen LogP contribution is -1.83. The Balaban J connectivity index is 3.01. The highest BCUT2D eigenvalue weighted by molar-refractivity contribution is 5.14. The van der Waals surface area contributed by atoms with Crippen LogP contribution in [0, 0.1) is 11.9 Å². The van der Waals surface area contributed by atoms with Gasteiger partial charge >= 0.3 is 0 Å². The van der Waals surface area contributed by atoms with Crippen LogP contribution in [-0.4, -0.2) is 0 Å². The van der Waals surface area contributed by atoms with E-state index in [0.717, 1.165) is 0 Å². The Labute approximate surface area is 52.1 Å². The van der Waals surface area contributed by atoms with Gasteiger partial charge in [0.2, 0.25) is 0 Å². The smallest absolute Gasteiger partial charge is 0.129 e. The zero-order valence-electron chi connectivity index (χ0n) is 4.70. The summed E-state index contributed by atoms with van der Waals surface area (Å²) >= 11 is 0. The third-order valence-electron chi connectivity index (χ3n) is 1.03. The minimum Gasteiger partial charge on any atom is -0.246 e. The number of benzene rings is 1. The number of alkyl halides is 1. The number of hydrogen-bond donors (Lipinski definition) is 0. The average Bonchev–Trinajstić information content (AvgIpc) is 1.89. The Morgan fingerprint density at radius 1 is 1.56 bits per heavy atom. The summed E-state index contributed by atoms with van der Waals surface area (Å²) in [6.45, 7) is -0.761. The van der Waals surface area contributed by atoms with Gasteiger partial charge in [-0.1, -0.05) is 6.07 Å². The molecule has 0 aliphatic carbocycles. The normalized spacial score (nSPS) is 9.56. The summed E-state index contributed by atoms with van der Waals surface area (Å²) in [7, 11) is 0. The van der Waals surface area contributed by atoms with E-state index in [0.29, 0.717) is 0 Å². The summed E-state index contributed by atoms with van der Waals surface area (Å²) in [5.41, 5.74) is 0.0671. The highest BCUT2D eigenvalue weighted by Crippen LogP contribution is 2.05. The second kappa shape index (κ2) is 2.58. The van der Waals surface area contributed by atoms with Gasteiger partial charge in [-0.15, -0.1) is 0 Å². The maximum absolute atomic E-state index is 12.3. The largest absolute Gasteiger partial charge is 0.246 e. The molecule has 0 nitrogen and oxygen atoms in total. The van der Waals surface area contributed by atoms with Crippen LogP contribution in [0.15, 0.2) is 18.2 Å². The fourth-order valence-corrected chi connectivity index (χ4v) is 0.548. The van der Waals surface area contributed by atoms with Crippen molar-refractivity contribution < 1.29 is 8.78 Å². The fourth-order valence-electron chi connectivity index (χ4n) is 0.548. The molecule has 0 spiro atoms. The number of halogens is 2. The molecule has 0 fully saturated rings. The van der Waals surface area contributed by atoms with E-state index in [4.69, 9.17) is 0 Å². The van der Waals surface area contributed by atoms with E-state index in [-0.39, 0.29) is 5.56 Å². The molecule has 0 saturated heterocycles. The molecule has 1 radical (unpaired) electrons. The van der Waals surface area contributed by atoms with Gasteiger partial charge in [-0.25, -0.2) is 8.78 Å². The summed E-state index contributed by atoms with van der Waals surface area (Å²) in [6, 6.07) is 6.47. The quantitative estimate of drug-likeness (QED) is 0.541. The second-order valence-electron chi connectivity index (χ2n) is 1.65. The molecule has 0 aliphatic rings. The third-order valence-corrected chi connectivity index (χ3v) is 1.03. The fraction of sp³-hybridized carbons (Fsp3) is 0.143. The van der Waals surface area contributed by atoms with Crippen LogP contribution in [0.3, 0.4) is 0 Å². The maximum atomic E-state index is 12.3. The summed E-state index contributed by atoms with van der Waals surface area (Å²) in [6.07, 6.45) is 0. The molecule has 0 aliphatic heterocycles. The van der Waals surface area contributed by atoms with Crippen molar-refractivity contribution in [3.8, 4) is 0 Å². The molecule has 0 unspecified atom stereocenters. The Hall–Kier alpha value is -0.920. The molecule has 0 aromatic heterocycles. The first-order valence-corrected chi connectivity index (χ1v) is 2.55. The van der Waals surface area contributed by atoms with Gasteiger partial charge in [0.15, 0.2) is 0 Å². The molecule has 9 heavy (non-hydrogen) atoms. The average molecular weight is 127 g/mol. The van der Waals surface area contributed by atoms with Gasteiger partial charge in [0.1, 0.15) is 12.5 Å². The van der Waals surface area contributed by atoms with E-state index in [1.165, 1.54) is 18.2 Å². The van der Waals surface area contributed by atoms with Gasteiger partial charge < -0.3 is 0 Å². The van der Waals surface area contributed by atoms with Crippen LogP contribution >= 0.6 is 0 Å². The molecule has 0 saturated carbocycles. The second-order valence-corrected chi connectivity index (χ2v) is 1.65. The van der Waals surface area contributed by atoms with Gasteiger partial charge in [0.05, 0.1) is 0 Å². The van der Waals surface area contributed by atoms with Gasteiger partial charge in [-0.3, -0.25) is 0 Å². The summed E-state index contributed by atoms with van der Waals surface area (Å²) in [5.74, 6) is -0.503. The lowest BCUT2D eigenvalue weighted by atomic mass is 10.2. The van der Waals surface area contributed by atoms with Crippen LogP contribution in [-0.2, 0) is 6.67 Å². The molecular formula is C7H5F2. The van der Waals surface area contributed by atoms with E-state index < -0.39 is 12.5 Å². The highest BCUT2D eigenvalue weighted by Gasteiger charge is 1.96. The topological polar surface area (TPSA) is 0 Å². The molecule has 1 aromatic rings. The molecule has 2 heteroatoms. The van der Waals surface area contributed by atoms with Gasteiger partial charge in [0.25, 0.3) is 0 Å². The Kier molecular flexibility index (Phi) is 1.78. The van der Waals surface area contributed by atoms with Crippen LogP contribution in [0.5, 0.6) is 0 Å². The van der Waals surface area contributed by atoms with Crippen molar-refractivity contribution in [2.24, 2.45) is 0 Å². The van der Waals surface area contributed by atoms with Crippen LogP contribution in [0.4, 0.5) is 8.78 Å². The first-order chi connectivity index (χ1) is 4.34. The molecule has 1 aromatic carbocycles. The summed E-state index contributed by atoms with van der Waals surface area (Å²) < 4.78 is 24.1. The van der Waals surface area contributed by atoms with Crippen LogP contribution < -0.4 is 0 Å². The van der Waals surface area contributed by atoms with Gasteiger partial charge in [0, 0.05) is 5.56 Å². The molecule has 1 rings (SSSR count). The third kappa shape index (κ3) is 1.25. The number of hydrogen-bond acceptors (Lipinski definition) is 0. The Morgan fingerprint density at radius 2 is 2.33 bits per heavy atom. The van der Waals surface area contributed by atoms with Crippen molar-refractivity contribution >= 4 is 0 Å². The van der Waals surface area contributed by atoms with E-state index in [2.05, 4.69) is 6.07 Å². The lowest BCUT2D eigenvalue weighted by molar-refractivity contribution is 0.464. The Bertz CT molecular complexity index is 196. The molecule has 0 amide bonds. The van der Waals surface area contributed by atoms with Crippen molar-refractivity contribution in [2.45, 2.75) is 6.67 Å². The monoisotopic (exact) mass is 127 g/mol. The molecule has 47 valence electrons. The molecule has 0 bridgehead atoms. The predicted molar refractivity (Wildman–Crippen MR) is 30.0 cm³/mol. The Morgan fingerprint density at radius 3 is 2.78 bits per heavy atom. The van der Waals surface area contributed by atoms with E-state index in [9.17, 15) is 8.78 Å². The van der Waals surface area contributed by atoms with E-state index in [1.807, 2.05) is 0 Å². The van der Waals surface area contributed by atoms with Crippen LogP contribution in [0.2, 0.25) is 0 Å².